The average molecular weight is 532 g/mol. The van der Waals surface area contributed by atoms with E-state index in [2.05, 4.69) is 9.98 Å². The average Bonchev–Trinajstić information content (AvgIpc) is 3.51. The molecule has 2 N–H and O–H groups in total. The number of benzene rings is 2. The Balaban J connectivity index is 1.55. The standard InChI is InChI=1S/C29H33N5O5/c1-33(2)18-30-29-31-26-22(24-13-23(36)25(15-35)39-24)14-34(19-37-16-20-9-5-3-6-10-20)27(26)28(32-29)38-17-21-11-7-4-8-12-21/h3-12,14,18,23-25,35-36H,13,15-17,19H2,1-2H3/b30-18+/t23-,24+,25+/m0/s1. The summed E-state index contributed by atoms with van der Waals surface area (Å²) in [6.07, 6.45) is 1.93. The van der Waals surface area contributed by atoms with Gasteiger partial charge >= 0.3 is 0 Å². The van der Waals surface area contributed by atoms with Gasteiger partial charge in [0, 0.05) is 32.3 Å². The van der Waals surface area contributed by atoms with Crippen molar-refractivity contribution in [1.29, 1.82) is 0 Å². The Hall–Kier alpha value is -3.83. The van der Waals surface area contributed by atoms with E-state index in [4.69, 9.17) is 19.2 Å². The molecule has 10 nitrogen and oxygen atoms in total. The number of rotatable bonds is 11. The Morgan fingerprint density at radius 2 is 1.74 bits per heavy atom. The highest BCUT2D eigenvalue weighted by atomic mass is 16.5. The summed E-state index contributed by atoms with van der Waals surface area (Å²) < 4.78 is 20.2. The van der Waals surface area contributed by atoms with Crippen LogP contribution in [-0.4, -0.2) is 68.9 Å². The lowest BCUT2D eigenvalue weighted by molar-refractivity contribution is -0.0223. The Labute approximate surface area is 227 Å². The quantitative estimate of drug-likeness (QED) is 0.223. The monoisotopic (exact) mass is 531 g/mol. The van der Waals surface area contributed by atoms with Crippen molar-refractivity contribution in [3.63, 3.8) is 0 Å². The van der Waals surface area contributed by atoms with Gasteiger partial charge in [0.2, 0.25) is 5.88 Å². The molecule has 0 unspecified atom stereocenters. The normalized spacial score (nSPS) is 19.2. The van der Waals surface area contributed by atoms with Crippen molar-refractivity contribution in [1.82, 2.24) is 19.4 Å². The molecular formula is C29H33N5O5. The molecule has 1 aliphatic heterocycles. The summed E-state index contributed by atoms with van der Waals surface area (Å²) in [6.45, 7) is 0.679. The SMILES string of the molecule is CN(C)/C=N/c1nc(OCc2ccccc2)c2c(n1)c([C@H]1C[C@H](O)[C@@H](CO)O1)cn2COCc1ccccc1. The minimum absolute atomic E-state index is 0.218. The van der Waals surface area contributed by atoms with Gasteiger partial charge in [-0.2, -0.15) is 4.98 Å². The first-order chi connectivity index (χ1) is 19.0. The summed E-state index contributed by atoms with van der Waals surface area (Å²) in [5.74, 6) is 0.599. The van der Waals surface area contributed by atoms with Crippen LogP contribution in [0.5, 0.6) is 5.88 Å². The molecule has 10 heteroatoms. The van der Waals surface area contributed by atoms with Gasteiger partial charge in [-0.25, -0.2) is 9.98 Å². The van der Waals surface area contributed by atoms with Crippen LogP contribution in [0, 0.1) is 0 Å². The number of nitrogens with zero attached hydrogens (tertiary/aromatic N) is 5. The zero-order valence-corrected chi connectivity index (χ0v) is 22.1. The fourth-order valence-electron chi connectivity index (χ4n) is 4.50. The third-order valence-corrected chi connectivity index (χ3v) is 6.41. The molecule has 5 rings (SSSR count). The van der Waals surface area contributed by atoms with Crippen LogP contribution in [0.1, 0.15) is 29.2 Å². The third kappa shape index (κ3) is 6.43. The molecule has 0 radical (unpaired) electrons. The number of aliphatic hydroxyl groups is 2. The zero-order chi connectivity index (χ0) is 27.2. The molecule has 39 heavy (non-hydrogen) atoms. The van der Waals surface area contributed by atoms with E-state index in [1.807, 2.05) is 85.5 Å². The highest BCUT2D eigenvalue weighted by Gasteiger charge is 2.36. The first-order valence-corrected chi connectivity index (χ1v) is 12.9. The van der Waals surface area contributed by atoms with Gasteiger partial charge in [-0.15, -0.1) is 0 Å². The zero-order valence-electron chi connectivity index (χ0n) is 22.1. The second kappa shape index (κ2) is 12.4. The van der Waals surface area contributed by atoms with E-state index in [-0.39, 0.29) is 19.3 Å². The van der Waals surface area contributed by atoms with E-state index in [1.165, 1.54) is 0 Å². The van der Waals surface area contributed by atoms with Gasteiger partial charge in [0.25, 0.3) is 5.95 Å². The van der Waals surface area contributed by atoms with E-state index in [0.29, 0.717) is 36.5 Å². The third-order valence-electron chi connectivity index (χ3n) is 6.41. The van der Waals surface area contributed by atoms with Gasteiger partial charge in [0.1, 0.15) is 30.5 Å². The molecule has 204 valence electrons. The second-order valence-corrected chi connectivity index (χ2v) is 9.67. The van der Waals surface area contributed by atoms with Crippen LogP contribution in [0.25, 0.3) is 11.0 Å². The maximum absolute atomic E-state index is 10.4. The highest BCUT2D eigenvalue weighted by molar-refractivity contribution is 5.85. The van der Waals surface area contributed by atoms with E-state index < -0.39 is 18.3 Å². The largest absolute Gasteiger partial charge is 0.471 e. The van der Waals surface area contributed by atoms with Gasteiger partial charge in [-0.05, 0) is 11.1 Å². The lowest BCUT2D eigenvalue weighted by Crippen LogP contribution is -2.24. The van der Waals surface area contributed by atoms with Crippen molar-refractivity contribution in [2.24, 2.45) is 4.99 Å². The molecule has 3 atom stereocenters. The summed E-state index contributed by atoms with van der Waals surface area (Å²) in [6, 6.07) is 19.8. The van der Waals surface area contributed by atoms with Crippen molar-refractivity contribution in [3.8, 4) is 5.88 Å². The van der Waals surface area contributed by atoms with Crippen molar-refractivity contribution in [2.45, 2.75) is 44.7 Å². The van der Waals surface area contributed by atoms with Gasteiger partial charge in [-0.1, -0.05) is 60.7 Å². The molecule has 3 heterocycles. The lowest BCUT2D eigenvalue weighted by Gasteiger charge is -2.12. The molecule has 2 aromatic heterocycles. The van der Waals surface area contributed by atoms with Gasteiger partial charge in [0.15, 0.2) is 0 Å². The Bertz CT molecular complexity index is 1390. The molecule has 0 spiro atoms. The van der Waals surface area contributed by atoms with Gasteiger partial charge in [0.05, 0.1) is 31.8 Å². The predicted molar refractivity (Wildman–Crippen MR) is 147 cm³/mol. The molecule has 4 aromatic rings. The number of aromatic nitrogens is 3. The van der Waals surface area contributed by atoms with Crippen molar-refractivity contribution < 1.29 is 24.4 Å². The summed E-state index contributed by atoms with van der Waals surface area (Å²) in [5, 5.41) is 20.1. The number of aliphatic hydroxyl groups excluding tert-OH is 2. The van der Waals surface area contributed by atoms with Crippen LogP contribution in [0.3, 0.4) is 0 Å². The number of hydrogen-bond acceptors (Lipinski definition) is 8. The molecular weight excluding hydrogens is 498 g/mol. The number of ether oxygens (including phenoxy) is 3. The van der Waals surface area contributed by atoms with Crippen LogP contribution in [0.4, 0.5) is 5.95 Å². The van der Waals surface area contributed by atoms with E-state index >= 15 is 0 Å². The summed E-state index contributed by atoms with van der Waals surface area (Å²) in [5.41, 5.74) is 4.03. The second-order valence-electron chi connectivity index (χ2n) is 9.67. The van der Waals surface area contributed by atoms with Crippen molar-refractivity contribution >= 4 is 23.3 Å². The van der Waals surface area contributed by atoms with E-state index in [1.54, 1.807) is 11.2 Å². The fraction of sp³-hybridized carbons (Fsp3) is 0.345. The molecule has 1 aliphatic rings. The summed E-state index contributed by atoms with van der Waals surface area (Å²) >= 11 is 0. The summed E-state index contributed by atoms with van der Waals surface area (Å²) in [4.78, 5) is 15.6. The molecule has 0 amide bonds. The van der Waals surface area contributed by atoms with Crippen LogP contribution in [0.2, 0.25) is 0 Å². The van der Waals surface area contributed by atoms with Crippen molar-refractivity contribution in [3.05, 3.63) is 83.6 Å². The molecule has 2 aromatic carbocycles. The smallest absolute Gasteiger partial charge is 0.254 e. The first kappa shape index (κ1) is 26.8. The fourth-order valence-corrected chi connectivity index (χ4v) is 4.50. The highest BCUT2D eigenvalue weighted by Crippen LogP contribution is 2.39. The van der Waals surface area contributed by atoms with Crippen LogP contribution >= 0.6 is 0 Å². The molecule has 0 aliphatic carbocycles. The van der Waals surface area contributed by atoms with Crippen molar-refractivity contribution in [2.75, 3.05) is 20.7 Å². The van der Waals surface area contributed by atoms with Crippen LogP contribution < -0.4 is 4.74 Å². The maximum Gasteiger partial charge on any atom is 0.254 e. The summed E-state index contributed by atoms with van der Waals surface area (Å²) in [7, 11) is 3.73. The lowest BCUT2D eigenvalue weighted by atomic mass is 10.1. The minimum Gasteiger partial charge on any atom is -0.471 e. The Kier molecular flexibility index (Phi) is 8.48. The molecule has 0 bridgehead atoms. The Morgan fingerprint density at radius 3 is 2.38 bits per heavy atom. The Morgan fingerprint density at radius 1 is 1.05 bits per heavy atom. The number of hydrogen-bond donors (Lipinski definition) is 2. The minimum atomic E-state index is -0.783. The van der Waals surface area contributed by atoms with E-state index in [9.17, 15) is 10.2 Å². The number of fused-ring (bicyclic) bond motifs is 1. The molecule has 1 fully saturated rings. The maximum atomic E-state index is 10.4. The van der Waals surface area contributed by atoms with Crippen LogP contribution in [0.15, 0.2) is 71.9 Å². The first-order valence-electron chi connectivity index (χ1n) is 12.9. The van der Waals surface area contributed by atoms with Gasteiger partial charge in [-0.3, -0.25) is 0 Å². The molecule has 1 saturated heterocycles. The topological polar surface area (TPSA) is 114 Å². The predicted octanol–water partition coefficient (Wildman–Crippen LogP) is 3.59. The molecule has 0 saturated carbocycles. The van der Waals surface area contributed by atoms with E-state index in [0.717, 1.165) is 16.7 Å². The number of aliphatic imine (C=N–C) groups is 1. The van der Waals surface area contributed by atoms with Crippen LogP contribution in [-0.2, 0) is 29.4 Å². The van der Waals surface area contributed by atoms with Gasteiger partial charge < -0.3 is 33.9 Å².